The summed E-state index contributed by atoms with van der Waals surface area (Å²) in [5, 5.41) is 7.03. The first kappa shape index (κ1) is 15.9. The Balaban J connectivity index is 1.32. The van der Waals surface area contributed by atoms with Crippen molar-refractivity contribution in [2.75, 3.05) is 13.1 Å². The molecule has 1 unspecified atom stereocenters. The lowest BCUT2D eigenvalue weighted by atomic mass is 9.93. The van der Waals surface area contributed by atoms with Crippen LogP contribution in [0.15, 0.2) is 36.5 Å². The minimum absolute atomic E-state index is 0.231. The summed E-state index contributed by atoms with van der Waals surface area (Å²) in [4.78, 5) is 22.5. The van der Waals surface area contributed by atoms with Crippen LogP contribution in [0.25, 0.3) is 11.0 Å². The van der Waals surface area contributed by atoms with Crippen molar-refractivity contribution in [3.05, 3.63) is 48.0 Å². The molecule has 6 nitrogen and oxygen atoms in total. The molecule has 3 heterocycles. The highest BCUT2D eigenvalue weighted by atomic mass is 16.2. The molecule has 1 atom stereocenters. The number of aromatic nitrogens is 4. The van der Waals surface area contributed by atoms with E-state index in [1.165, 1.54) is 6.42 Å². The van der Waals surface area contributed by atoms with Gasteiger partial charge in [0.2, 0.25) is 5.91 Å². The van der Waals surface area contributed by atoms with Crippen molar-refractivity contribution >= 4 is 16.9 Å². The van der Waals surface area contributed by atoms with Crippen LogP contribution in [0, 0.1) is 5.92 Å². The standard InChI is InChI=1S/C19H23N5O/c25-19(8-7-18-21-16-5-1-2-6-17(16)22-18)24-11-3-4-14(13-24)12-15-9-10-20-23-15/h1-2,5-6,9-10,14H,3-4,7-8,11-13H2,(H,20,23)(H,21,22). The highest BCUT2D eigenvalue weighted by Crippen LogP contribution is 2.21. The maximum Gasteiger partial charge on any atom is 0.223 e. The number of imidazole rings is 1. The number of hydrogen-bond acceptors (Lipinski definition) is 3. The van der Waals surface area contributed by atoms with Gasteiger partial charge in [-0.1, -0.05) is 12.1 Å². The zero-order valence-corrected chi connectivity index (χ0v) is 14.2. The van der Waals surface area contributed by atoms with Crippen LogP contribution < -0.4 is 0 Å². The van der Waals surface area contributed by atoms with Gasteiger partial charge in [0.25, 0.3) is 0 Å². The third-order valence-corrected chi connectivity index (χ3v) is 4.95. The van der Waals surface area contributed by atoms with Crippen LogP contribution in [0.4, 0.5) is 0 Å². The minimum Gasteiger partial charge on any atom is -0.342 e. The molecule has 25 heavy (non-hydrogen) atoms. The lowest BCUT2D eigenvalue weighted by molar-refractivity contribution is -0.133. The first-order valence-electron chi connectivity index (χ1n) is 8.97. The zero-order valence-electron chi connectivity index (χ0n) is 14.2. The Kier molecular flexibility index (Phi) is 4.50. The van der Waals surface area contributed by atoms with Crippen LogP contribution in [-0.4, -0.2) is 44.1 Å². The Hall–Kier alpha value is -2.63. The van der Waals surface area contributed by atoms with Crippen LogP contribution in [-0.2, 0) is 17.6 Å². The predicted molar refractivity (Wildman–Crippen MR) is 96.0 cm³/mol. The first-order chi connectivity index (χ1) is 12.3. The Morgan fingerprint density at radius 2 is 2.20 bits per heavy atom. The summed E-state index contributed by atoms with van der Waals surface area (Å²) < 4.78 is 0. The zero-order chi connectivity index (χ0) is 17.1. The van der Waals surface area contributed by atoms with Crippen molar-refractivity contribution in [2.45, 2.75) is 32.1 Å². The summed E-state index contributed by atoms with van der Waals surface area (Å²) in [6, 6.07) is 9.98. The van der Waals surface area contributed by atoms with E-state index < -0.39 is 0 Å². The van der Waals surface area contributed by atoms with Gasteiger partial charge in [0.15, 0.2) is 0 Å². The van der Waals surface area contributed by atoms with E-state index >= 15 is 0 Å². The Bertz CT molecular complexity index is 806. The number of aromatic amines is 2. The van der Waals surface area contributed by atoms with E-state index in [0.29, 0.717) is 18.8 Å². The molecule has 2 aromatic heterocycles. The number of para-hydroxylation sites is 2. The monoisotopic (exact) mass is 337 g/mol. The normalized spacial score (nSPS) is 17.9. The fourth-order valence-corrected chi connectivity index (χ4v) is 3.68. The van der Waals surface area contributed by atoms with E-state index in [2.05, 4.69) is 20.2 Å². The highest BCUT2D eigenvalue weighted by molar-refractivity contribution is 5.77. The highest BCUT2D eigenvalue weighted by Gasteiger charge is 2.24. The van der Waals surface area contributed by atoms with Gasteiger partial charge in [-0.2, -0.15) is 5.10 Å². The summed E-state index contributed by atoms with van der Waals surface area (Å²) in [7, 11) is 0. The molecule has 0 saturated carbocycles. The van der Waals surface area contributed by atoms with Crippen molar-refractivity contribution in [3.8, 4) is 0 Å². The number of hydrogen-bond donors (Lipinski definition) is 2. The molecule has 0 aliphatic carbocycles. The number of likely N-dealkylation sites (tertiary alicyclic amines) is 1. The molecule has 1 aliphatic rings. The van der Waals surface area contributed by atoms with Gasteiger partial charge in [0.05, 0.1) is 11.0 Å². The van der Waals surface area contributed by atoms with Crippen LogP contribution in [0.3, 0.4) is 0 Å². The van der Waals surface area contributed by atoms with E-state index in [1.54, 1.807) is 6.20 Å². The largest absolute Gasteiger partial charge is 0.342 e. The molecule has 1 saturated heterocycles. The predicted octanol–water partition coefficient (Wildman–Crippen LogP) is 2.70. The second-order valence-corrected chi connectivity index (χ2v) is 6.83. The lowest BCUT2D eigenvalue weighted by Gasteiger charge is -2.32. The second kappa shape index (κ2) is 7.09. The van der Waals surface area contributed by atoms with Gasteiger partial charge < -0.3 is 9.88 Å². The van der Waals surface area contributed by atoms with Gasteiger partial charge in [-0.15, -0.1) is 0 Å². The number of benzene rings is 1. The number of piperidine rings is 1. The molecule has 130 valence electrons. The van der Waals surface area contributed by atoms with E-state index in [0.717, 1.165) is 48.5 Å². The summed E-state index contributed by atoms with van der Waals surface area (Å²) in [6.07, 6.45) is 6.18. The van der Waals surface area contributed by atoms with E-state index in [4.69, 9.17) is 0 Å². The molecule has 2 N–H and O–H groups in total. The molecular formula is C19H23N5O. The van der Waals surface area contributed by atoms with Crippen LogP contribution in [0.2, 0.25) is 0 Å². The number of aryl methyl sites for hydroxylation is 1. The van der Waals surface area contributed by atoms with Crippen LogP contribution in [0.5, 0.6) is 0 Å². The van der Waals surface area contributed by atoms with E-state index in [1.807, 2.05) is 35.2 Å². The van der Waals surface area contributed by atoms with Crippen molar-refractivity contribution in [1.29, 1.82) is 0 Å². The topological polar surface area (TPSA) is 77.7 Å². The molecule has 4 rings (SSSR count). The van der Waals surface area contributed by atoms with Gasteiger partial charge in [0.1, 0.15) is 5.82 Å². The first-order valence-corrected chi connectivity index (χ1v) is 8.97. The SMILES string of the molecule is O=C(CCc1nc2ccccc2[nH]1)N1CCCC(Cc2ccn[nH]2)C1. The lowest BCUT2D eigenvalue weighted by Crippen LogP contribution is -2.40. The maximum absolute atomic E-state index is 12.6. The molecule has 1 amide bonds. The second-order valence-electron chi connectivity index (χ2n) is 6.83. The smallest absolute Gasteiger partial charge is 0.223 e. The van der Waals surface area contributed by atoms with Crippen LogP contribution in [0.1, 0.15) is 30.8 Å². The molecule has 1 fully saturated rings. The summed E-state index contributed by atoms with van der Waals surface area (Å²) in [6.45, 7) is 1.72. The summed E-state index contributed by atoms with van der Waals surface area (Å²) in [5.74, 6) is 1.64. The van der Waals surface area contributed by atoms with Gasteiger partial charge in [-0.05, 0) is 43.4 Å². The Labute approximate surface area is 146 Å². The number of carbonyl (C=O) groups excluding carboxylic acids is 1. The molecule has 0 bridgehead atoms. The van der Waals surface area contributed by atoms with E-state index in [9.17, 15) is 4.79 Å². The number of nitrogens with one attached hydrogen (secondary N) is 2. The maximum atomic E-state index is 12.6. The molecule has 3 aromatic rings. The Morgan fingerprint density at radius 1 is 1.28 bits per heavy atom. The average molecular weight is 337 g/mol. The third-order valence-electron chi connectivity index (χ3n) is 4.95. The average Bonchev–Trinajstić information content (AvgIpc) is 3.29. The Morgan fingerprint density at radius 3 is 3.04 bits per heavy atom. The number of fused-ring (bicyclic) bond motifs is 1. The van der Waals surface area contributed by atoms with Gasteiger partial charge in [-0.3, -0.25) is 9.89 Å². The van der Waals surface area contributed by atoms with Gasteiger partial charge in [-0.25, -0.2) is 4.98 Å². The number of carbonyl (C=O) groups is 1. The summed E-state index contributed by atoms with van der Waals surface area (Å²) in [5.41, 5.74) is 3.15. The number of nitrogens with zero attached hydrogens (tertiary/aromatic N) is 3. The quantitative estimate of drug-likeness (QED) is 0.751. The minimum atomic E-state index is 0.231. The molecular weight excluding hydrogens is 314 g/mol. The van der Waals surface area contributed by atoms with E-state index in [-0.39, 0.29) is 5.91 Å². The number of amides is 1. The van der Waals surface area contributed by atoms with Crippen molar-refractivity contribution in [1.82, 2.24) is 25.1 Å². The molecule has 1 aromatic carbocycles. The molecule has 0 spiro atoms. The van der Waals surface area contributed by atoms with Crippen molar-refractivity contribution < 1.29 is 4.79 Å². The molecule has 6 heteroatoms. The molecule has 1 aliphatic heterocycles. The summed E-state index contributed by atoms with van der Waals surface area (Å²) >= 11 is 0. The fourth-order valence-electron chi connectivity index (χ4n) is 3.68. The molecule has 0 radical (unpaired) electrons. The third kappa shape index (κ3) is 3.73. The fraction of sp³-hybridized carbons (Fsp3) is 0.421. The number of H-pyrrole nitrogens is 2. The van der Waals surface area contributed by atoms with Crippen molar-refractivity contribution in [3.63, 3.8) is 0 Å². The van der Waals surface area contributed by atoms with Gasteiger partial charge >= 0.3 is 0 Å². The van der Waals surface area contributed by atoms with Crippen molar-refractivity contribution in [2.24, 2.45) is 5.92 Å². The van der Waals surface area contributed by atoms with Crippen LogP contribution >= 0.6 is 0 Å². The number of rotatable bonds is 5. The van der Waals surface area contributed by atoms with Gasteiger partial charge in [0, 0.05) is 37.8 Å².